The molecule has 158 valence electrons. The standard InChI is InChI=1S/C24H19N5O3/c30-22(13-11-17-10-12-21(32-17)16-6-2-1-3-7-16)28-19-8-4-5-9-20(19)29-23-18(14-27-29)24(31)26-15-25-23/h1-10,12,14-15H,11,13H2,(H,28,30)(H,25,26,31). The molecule has 1 amide bonds. The molecule has 0 aliphatic rings. The van der Waals surface area contributed by atoms with Crippen LogP contribution in [0.25, 0.3) is 28.0 Å². The quantitative estimate of drug-likeness (QED) is 0.429. The molecule has 0 aliphatic carbocycles. The van der Waals surface area contributed by atoms with Gasteiger partial charge in [-0.15, -0.1) is 0 Å². The van der Waals surface area contributed by atoms with E-state index in [-0.39, 0.29) is 17.9 Å². The van der Waals surface area contributed by atoms with Crippen molar-refractivity contribution in [1.29, 1.82) is 0 Å². The average molecular weight is 425 g/mol. The van der Waals surface area contributed by atoms with Gasteiger partial charge in [-0.3, -0.25) is 9.59 Å². The summed E-state index contributed by atoms with van der Waals surface area (Å²) in [7, 11) is 0. The summed E-state index contributed by atoms with van der Waals surface area (Å²) >= 11 is 0. The lowest BCUT2D eigenvalue weighted by molar-refractivity contribution is -0.116. The number of para-hydroxylation sites is 2. The lowest BCUT2D eigenvalue weighted by atomic mass is 10.2. The van der Waals surface area contributed by atoms with E-state index in [1.165, 1.54) is 12.5 Å². The SMILES string of the molecule is O=C(CCc1ccc(-c2ccccc2)o1)Nc1ccccc1-n1ncc2c(=O)[nH]cnc21. The second-order valence-corrected chi connectivity index (χ2v) is 7.22. The summed E-state index contributed by atoms with van der Waals surface area (Å²) in [6.07, 6.45) is 3.52. The summed E-state index contributed by atoms with van der Waals surface area (Å²) in [5, 5.41) is 7.59. The third kappa shape index (κ3) is 3.81. The number of nitrogens with one attached hydrogen (secondary N) is 2. The Kier molecular flexibility index (Phi) is 5.09. The summed E-state index contributed by atoms with van der Waals surface area (Å²) in [4.78, 5) is 31.4. The molecule has 0 saturated carbocycles. The lowest BCUT2D eigenvalue weighted by Crippen LogP contribution is -2.14. The normalized spacial score (nSPS) is 11.0. The molecule has 5 aromatic rings. The summed E-state index contributed by atoms with van der Waals surface area (Å²) in [6, 6.07) is 20.9. The Balaban J connectivity index is 1.31. The van der Waals surface area contributed by atoms with E-state index in [1.807, 2.05) is 60.7 Å². The highest BCUT2D eigenvalue weighted by atomic mass is 16.3. The fourth-order valence-electron chi connectivity index (χ4n) is 3.52. The number of anilines is 1. The molecule has 0 spiro atoms. The van der Waals surface area contributed by atoms with Gasteiger partial charge in [0.05, 0.1) is 23.9 Å². The first-order chi connectivity index (χ1) is 15.7. The van der Waals surface area contributed by atoms with Gasteiger partial charge in [-0.05, 0) is 24.3 Å². The molecule has 8 heteroatoms. The van der Waals surface area contributed by atoms with Gasteiger partial charge >= 0.3 is 0 Å². The van der Waals surface area contributed by atoms with Gasteiger partial charge in [-0.2, -0.15) is 5.10 Å². The van der Waals surface area contributed by atoms with E-state index in [4.69, 9.17) is 4.42 Å². The van der Waals surface area contributed by atoms with Crippen LogP contribution in [0.3, 0.4) is 0 Å². The number of hydrogen-bond donors (Lipinski definition) is 2. The van der Waals surface area contributed by atoms with Gasteiger partial charge in [-0.1, -0.05) is 42.5 Å². The van der Waals surface area contributed by atoms with Crippen molar-refractivity contribution in [2.75, 3.05) is 5.32 Å². The first-order valence-corrected chi connectivity index (χ1v) is 10.1. The van der Waals surface area contributed by atoms with Crippen LogP contribution in [-0.2, 0) is 11.2 Å². The average Bonchev–Trinajstić information content (AvgIpc) is 3.47. The number of benzene rings is 2. The Morgan fingerprint density at radius 1 is 1.03 bits per heavy atom. The molecule has 0 aliphatic heterocycles. The minimum atomic E-state index is -0.268. The third-order valence-corrected chi connectivity index (χ3v) is 5.10. The predicted molar refractivity (Wildman–Crippen MR) is 121 cm³/mol. The highest BCUT2D eigenvalue weighted by molar-refractivity contribution is 5.93. The third-order valence-electron chi connectivity index (χ3n) is 5.10. The molecule has 0 bridgehead atoms. The second-order valence-electron chi connectivity index (χ2n) is 7.22. The number of nitrogens with zero attached hydrogens (tertiary/aromatic N) is 3. The first-order valence-electron chi connectivity index (χ1n) is 10.1. The highest BCUT2D eigenvalue weighted by Crippen LogP contribution is 2.24. The molecule has 0 fully saturated rings. The van der Waals surface area contributed by atoms with Crippen molar-refractivity contribution < 1.29 is 9.21 Å². The van der Waals surface area contributed by atoms with Crippen LogP contribution in [0.2, 0.25) is 0 Å². The molecule has 5 rings (SSSR count). The van der Waals surface area contributed by atoms with Gasteiger partial charge in [0.15, 0.2) is 5.65 Å². The van der Waals surface area contributed by atoms with Gasteiger partial charge < -0.3 is 14.7 Å². The van der Waals surface area contributed by atoms with E-state index in [2.05, 4.69) is 20.4 Å². The lowest BCUT2D eigenvalue weighted by Gasteiger charge is -2.11. The van der Waals surface area contributed by atoms with E-state index in [9.17, 15) is 9.59 Å². The number of carbonyl (C=O) groups excluding carboxylic acids is 1. The number of carbonyl (C=O) groups is 1. The van der Waals surface area contributed by atoms with Crippen molar-refractivity contribution in [3.05, 3.63) is 95.4 Å². The molecular weight excluding hydrogens is 406 g/mol. The molecule has 0 unspecified atom stereocenters. The van der Waals surface area contributed by atoms with E-state index >= 15 is 0 Å². The maximum atomic E-state index is 12.6. The van der Waals surface area contributed by atoms with E-state index in [0.717, 1.165) is 17.1 Å². The van der Waals surface area contributed by atoms with Gasteiger partial charge in [-0.25, -0.2) is 9.67 Å². The van der Waals surface area contributed by atoms with Crippen LogP contribution in [0.15, 0.2) is 88.5 Å². The highest BCUT2D eigenvalue weighted by Gasteiger charge is 2.14. The summed E-state index contributed by atoms with van der Waals surface area (Å²) < 4.78 is 7.42. The molecule has 8 nitrogen and oxygen atoms in total. The summed E-state index contributed by atoms with van der Waals surface area (Å²) in [6.45, 7) is 0. The van der Waals surface area contributed by atoms with Crippen LogP contribution in [-0.4, -0.2) is 25.7 Å². The number of aryl methyl sites for hydroxylation is 1. The number of H-pyrrole nitrogens is 1. The van der Waals surface area contributed by atoms with Crippen molar-refractivity contribution in [2.45, 2.75) is 12.8 Å². The molecule has 32 heavy (non-hydrogen) atoms. The van der Waals surface area contributed by atoms with Crippen LogP contribution < -0.4 is 10.9 Å². The summed E-state index contributed by atoms with van der Waals surface area (Å²) in [5.74, 6) is 1.37. The smallest absolute Gasteiger partial charge is 0.261 e. The number of hydrogen-bond acceptors (Lipinski definition) is 5. The minimum Gasteiger partial charge on any atom is -0.461 e. The maximum absolute atomic E-state index is 12.6. The number of aromatic nitrogens is 4. The van der Waals surface area contributed by atoms with E-state index in [1.54, 1.807) is 10.7 Å². The Morgan fingerprint density at radius 3 is 2.72 bits per heavy atom. The predicted octanol–water partition coefficient (Wildman–Crippen LogP) is 3.94. The fraction of sp³-hybridized carbons (Fsp3) is 0.0833. The molecular formula is C24H19N5O3. The molecule has 2 N–H and O–H groups in total. The molecule has 2 aromatic carbocycles. The van der Waals surface area contributed by atoms with Gasteiger partial charge in [0.2, 0.25) is 5.91 Å². The molecule has 3 heterocycles. The topological polar surface area (TPSA) is 106 Å². The van der Waals surface area contributed by atoms with Crippen molar-refractivity contribution in [2.24, 2.45) is 0 Å². The van der Waals surface area contributed by atoms with Crippen molar-refractivity contribution in [3.63, 3.8) is 0 Å². The molecule has 0 radical (unpaired) electrons. The monoisotopic (exact) mass is 425 g/mol. The van der Waals surface area contributed by atoms with Crippen molar-refractivity contribution >= 4 is 22.6 Å². The van der Waals surface area contributed by atoms with Crippen LogP contribution in [0.4, 0.5) is 5.69 Å². The largest absolute Gasteiger partial charge is 0.461 e. The number of furan rings is 1. The van der Waals surface area contributed by atoms with Crippen LogP contribution in [0.5, 0.6) is 0 Å². The maximum Gasteiger partial charge on any atom is 0.261 e. The van der Waals surface area contributed by atoms with Crippen LogP contribution in [0.1, 0.15) is 12.2 Å². The van der Waals surface area contributed by atoms with E-state index < -0.39 is 0 Å². The Morgan fingerprint density at radius 2 is 1.84 bits per heavy atom. The van der Waals surface area contributed by atoms with E-state index in [0.29, 0.717) is 28.8 Å². The van der Waals surface area contributed by atoms with Gasteiger partial charge in [0.25, 0.3) is 5.56 Å². The molecule has 0 saturated heterocycles. The van der Waals surface area contributed by atoms with Crippen LogP contribution >= 0.6 is 0 Å². The zero-order valence-corrected chi connectivity index (χ0v) is 17.0. The molecule has 0 atom stereocenters. The Labute approximate surface area is 182 Å². The summed E-state index contributed by atoms with van der Waals surface area (Å²) in [5.41, 5.74) is 2.35. The Hall–Kier alpha value is -4.46. The van der Waals surface area contributed by atoms with Crippen molar-refractivity contribution in [3.8, 4) is 17.0 Å². The number of fused-ring (bicyclic) bond motifs is 1. The van der Waals surface area contributed by atoms with Gasteiger partial charge in [0.1, 0.15) is 16.9 Å². The van der Waals surface area contributed by atoms with Gasteiger partial charge in [0, 0.05) is 18.4 Å². The first kappa shape index (κ1) is 19.5. The number of aromatic amines is 1. The fourth-order valence-corrected chi connectivity index (χ4v) is 3.52. The number of rotatable bonds is 6. The Bertz CT molecular complexity index is 1450. The number of amides is 1. The molecule has 3 aromatic heterocycles. The van der Waals surface area contributed by atoms with Crippen LogP contribution in [0, 0.1) is 0 Å². The second kappa shape index (κ2) is 8.35. The minimum absolute atomic E-state index is 0.155. The zero-order chi connectivity index (χ0) is 21.9. The zero-order valence-electron chi connectivity index (χ0n) is 17.0. The van der Waals surface area contributed by atoms with Crippen molar-refractivity contribution in [1.82, 2.24) is 19.7 Å².